The molecule has 0 spiro atoms. The summed E-state index contributed by atoms with van der Waals surface area (Å²) in [5, 5.41) is 0. The van der Waals surface area contributed by atoms with Crippen LogP contribution in [0, 0.1) is 5.92 Å². The van der Waals surface area contributed by atoms with Crippen LogP contribution in [-0.2, 0) is 14.3 Å². The summed E-state index contributed by atoms with van der Waals surface area (Å²) in [6, 6.07) is 0.160. The fourth-order valence-electron chi connectivity index (χ4n) is 2.97. The van der Waals surface area contributed by atoms with E-state index in [1.165, 1.54) is 6.42 Å². The van der Waals surface area contributed by atoms with E-state index in [0.717, 1.165) is 25.9 Å². The fraction of sp³-hybridized carbons (Fsp3) is 0.769. The van der Waals surface area contributed by atoms with E-state index >= 15 is 0 Å². The molecule has 2 fully saturated rings. The van der Waals surface area contributed by atoms with E-state index in [0.29, 0.717) is 18.6 Å². The van der Waals surface area contributed by atoms with Gasteiger partial charge in [0.05, 0.1) is 6.61 Å². The van der Waals surface area contributed by atoms with Crippen molar-refractivity contribution in [2.24, 2.45) is 5.92 Å². The first-order chi connectivity index (χ1) is 8.27. The highest BCUT2D eigenvalue weighted by Gasteiger charge is 2.41. The van der Waals surface area contributed by atoms with E-state index in [2.05, 4.69) is 4.90 Å². The Balaban J connectivity index is 2.20. The van der Waals surface area contributed by atoms with Crippen LogP contribution in [-0.4, -0.2) is 42.5 Å². The molecular formula is C13H19NO3. The molecule has 2 aliphatic rings. The van der Waals surface area contributed by atoms with Crippen molar-refractivity contribution in [3.8, 4) is 0 Å². The third kappa shape index (κ3) is 2.43. The zero-order chi connectivity index (χ0) is 12.3. The Hall–Kier alpha value is -1.12. The Morgan fingerprint density at radius 3 is 3.00 bits per heavy atom. The molecule has 2 heterocycles. The van der Waals surface area contributed by atoms with Crippen LogP contribution < -0.4 is 0 Å². The first-order valence-corrected chi connectivity index (χ1v) is 6.42. The molecule has 0 radical (unpaired) electrons. The average Bonchev–Trinajstić information content (AvgIpc) is 2.37. The van der Waals surface area contributed by atoms with Crippen molar-refractivity contribution in [3.05, 3.63) is 5.57 Å². The van der Waals surface area contributed by atoms with Crippen LogP contribution in [0.5, 0.6) is 0 Å². The van der Waals surface area contributed by atoms with Crippen molar-refractivity contribution in [1.29, 1.82) is 0 Å². The van der Waals surface area contributed by atoms with Gasteiger partial charge >= 0.3 is 5.97 Å². The molecule has 0 aromatic rings. The van der Waals surface area contributed by atoms with E-state index in [-0.39, 0.29) is 17.9 Å². The maximum Gasteiger partial charge on any atom is 0.315 e. The normalized spacial score (nSPS) is 29.4. The molecule has 4 heteroatoms. The Bertz CT molecular complexity index is 347. The monoisotopic (exact) mass is 237 g/mol. The summed E-state index contributed by atoms with van der Waals surface area (Å²) in [6.07, 6.45) is 3.95. The van der Waals surface area contributed by atoms with Crippen LogP contribution in [0.3, 0.4) is 0 Å². The quantitative estimate of drug-likeness (QED) is 0.534. The molecular weight excluding hydrogens is 218 g/mol. The maximum absolute atomic E-state index is 12.0. The highest BCUT2D eigenvalue weighted by Crippen LogP contribution is 2.33. The summed E-state index contributed by atoms with van der Waals surface area (Å²) in [6.45, 7) is 4.08. The van der Waals surface area contributed by atoms with Gasteiger partial charge in [-0.2, -0.15) is 0 Å². The van der Waals surface area contributed by atoms with Gasteiger partial charge in [-0.15, -0.1) is 0 Å². The van der Waals surface area contributed by atoms with Crippen molar-refractivity contribution in [2.75, 3.05) is 19.7 Å². The molecule has 2 saturated heterocycles. The van der Waals surface area contributed by atoms with Crippen molar-refractivity contribution >= 4 is 11.9 Å². The molecule has 0 bridgehead atoms. The van der Waals surface area contributed by atoms with Crippen LogP contribution in [0.4, 0.5) is 0 Å². The number of piperidine rings is 2. The SMILES string of the molecule is CCOC(=O)C1C(=C=O)CCN2CCCCC12. The van der Waals surface area contributed by atoms with E-state index in [4.69, 9.17) is 4.74 Å². The summed E-state index contributed by atoms with van der Waals surface area (Å²) in [4.78, 5) is 25.3. The minimum absolute atomic E-state index is 0.160. The average molecular weight is 237 g/mol. The number of nitrogens with zero attached hydrogens (tertiary/aromatic N) is 1. The number of ether oxygens (including phenoxy) is 1. The van der Waals surface area contributed by atoms with Gasteiger partial charge in [0.25, 0.3) is 0 Å². The molecule has 0 amide bonds. The molecule has 4 nitrogen and oxygen atoms in total. The van der Waals surface area contributed by atoms with E-state index in [1.54, 1.807) is 6.92 Å². The maximum atomic E-state index is 12.0. The van der Waals surface area contributed by atoms with Gasteiger partial charge in [0, 0.05) is 18.2 Å². The van der Waals surface area contributed by atoms with E-state index in [9.17, 15) is 9.59 Å². The lowest BCUT2D eigenvalue weighted by Gasteiger charge is -2.43. The van der Waals surface area contributed by atoms with Gasteiger partial charge in [-0.05, 0) is 32.7 Å². The van der Waals surface area contributed by atoms with Gasteiger partial charge in [-0.1, -0.05) is 6.42 Å². The molecule has 0 N–H and O–H groups in total. The topological polar surface area (TPSA) is 46.6 Å². The molecule has 0 aliphatic carbocycles. The van der Waals surface area contributed by atoms with Crippen LogP contribution in [0.25, 0.3) is 0 Å². The second kappa shape index (κ2) is 5.48. The summed E-state index contributed by atoms with van der Waals surface area (Å²) in [5.74, 6) is 1.34. The molecule has 2 rings (SSSR count). The lowest BCUT2D eigenvalue weighted by molar-refractivity contribution is -0.150. The predicted molar refractivity (Wildman–Crippen MR) is 63.2 cm³/mol. The van der Waals surface area contributed by atoms with Gasteiger partial charge in [0.15, 0.2) is 0 Å². The lowest BCUT2D eigenvalue weighted by Crippen LogP contribution is -2.51. The molecule has 2 atom stereocenters. The van der Waals surface area contributed by atoms with Crippen LogP contribution in [0.2, 0.25) is 0 Å². The van der Waals surface area contributed by atoms with Crippen molar-refractivity contribution in [1.82, 2.24) is 4.90 Å². The molecule has 94 valence electrons. The Labute approximate surface area is 102 Å². The van der Waals surface area contributed by atoms with Gasteiger partial charge in [-0.25, -0.2) is 4.79 Å². The van der Waals surface area contributed by atoms with E-state index < -0.39 is 0 Å². The number of fused-ring (bicyclic) bond motifs is 1. The van der Waals surface area contributed by atoms with Crippen molar-refractivity contribution in [2.45, 2.75) is 38.6 Å². The fourth-order valence-corrected chi connectivity index (χ4v) is 2.97. The molecule has 0 aromatic carbocycles. The number of carbonyl (C=O) groups is 1. The number of carbonyl (C=O) groups excluding carboxylic acids is 2. The summed E-state index contributed by atoms with van der Waals surface area (Å²) >= 11 is 0. The van der Waals surface area contributed by atoms with Gasteiger partial charge in [0.2, 0.25) is 0 Å². The highest BCUT2D eigenvalue weighted by atomic mass is 16.5. The third-order valence-electron chi connectivity index (χ3n) is 3.76. The van der Waals surface area contributed by atoms with Crippen LogP contribution in [0.15, 0.2) is 5.57 Å². The highest BCUT2D eigenvalue weighted by molar-refractivity contribution is 5.80. The van der Waals surface area contributed by atoms with Gasteiger partial charge in [0.1, 0.15) is 11.9 Å². The standard InChI is InChI=1S/C13H19NO3/c1-2-17-13(16)12-10(9-15)6-8-14-7-4-3-5-11(12)14/h11-12H,2-8H2,1H3. The summed E-state index contributed by atoms with van der Waals surface area (Å²) < 4.78 is 5.10. The minimum atomic E-state index is -0.374. The van der Waals surface area contributed by atoms with Crippen LogP contribution >= 0.6 is 0 Å². The minimum Gasteiger partial charge on any atom is -0.465 e. The second-order valence-corrected chi connectivity index (χ2v) is 4.71. The number of hydrogen-bond donors (Lipinski definition) is 0. The zero-order valence-electron chi connectivity index (χ0n) is 10.3. The third-order valence-corrected chi connectivity index (χ3v) is 3.76. The lowest BCUT2D eigenvalue weighted by atomic mass is 9.80. The van der Waals surface area contributed by atoms with Crippen molar-refractivity contribution < 1.29 is 14.3 Å². The Morgan fingerprint density at radius 2 is 2.29 bits per heavy atom. The molecule has 0 aromatic heterocycles. The smallest absolute Gasteiger partial charge is 0.315 e. The van der Waals surface area contributed by atoms with Crippen LogP contribution in [0.1, 0.15) is 32.6 Å². The largest absolute Gasteiger partial charge is 0.465 e. The molecule has 2 unspecified atom stereocenters. The number of esters is 1. The van der Waals surface area contributed by atoms with Gasteiger partial charge in [-0.3, -0.25) is 9.69 Å². The molecule has 0 saturated carbocycles. The van der Waals surface area contributed by atoms with Gasteiger partial charge < -0.3 is 4.74 Å². The summed E-state index contributed by atoms with van der Waals surface area (Å²) in [7, 11) is 0. The first kappa shape index (κ1) is 12.3. The predicted octanol–water partition coefficient (Wildman–Crippen LogP) is 1.18. The molecule has 17 heavy (non-hydrogen) atoms. The van der Waals surface area contributed by atoms with E-state index in [1.807, 2.05) is 5.94 Å². The Kier molecular flexibility index (Phi) is 3.97. The zero-order valence-corrected chi connectivity index (χ0v) is 10.3. The Morgan fingerprint density at radius 1 is 1.47 bits per heavy atom. The summed E-state index contributed by atoms with van der Waals surface area (Å²) in [5.41, 5.74) is 0.603. The number of hydrogen-bond acceptors (Lipinski definition) is 4. The number of rotatable bonds is 2. The second-order valence-electron chi connectivity index (χ2n) is 4.71. The molecule has 2 aliphatic heterocycles. The first-order valence-electron chi connectivity index (χ1n) is 6.42. The van der Waals surface area contributed by atoms with Crippen molar-refractivity contribution in [3.63, 3.8) is 0 Å².